The van der Waals surface area contributed by atoms with Crippen molar-refractivity contribution in [3.63, 3.8) is 0 Å². The molecule has 0 saturated carbocycles. The molecule has 2 aromatic heterocycles. The lowest BCUT2D eigenvalue weighted by Crippen LogP contribution is -2.16. The average Bonchev–Trinajstić information content (AvgIpc) is 3.22. The van der Waals surface area contributed by atoms with Gasteiger partial charge < -0.3 is 14.5 Å². The third-order valence-electron chi connectivity index (χ3n) is 4.78. The Labute approximate surface area is 192 Å². The van der Waals surface area contributed by atoms with Gasteiger partial charge >= 0.3 is 0 Å². The molecule has 3 heterocycles. The van der Waals surface area contributed by atoms with Crippen molar-refractivity contribution in [1.82, 2.24) is 15.2 Å². The Morgan fingerprint density at radius 1 is 1.03 bits per heavy atom. The van der Waals surface area contributed by atoms with Crippen LogP contribution < -0.4 is 10.1 Å². The zero-order valence-corrected chi connectivity index (χ0v) is 19.1. The van der Waals surface area contributed by atoms with Crippen molar-refractivity contribution in [3.8, 4) is 28.5 Å². The molecule has 31 heavy (non-hydrogen) atoms. The van der Waals surface area contributed by atoms with Crippen LogP contribution in [0, 0.1) is 0 Å². The van der Waals surface area contributed by atoms with Gasteiger partial charge in [0.25, 0.3) is 5.88 Å². The summed E-state index contributed by atoms with van der Waals surface area (Å²) in [5.74, 6) is 2.73. The molecular formula is C23H19BrN4O2S. The minimum Gasteiger partial charge on any atom is -0.455 e. The fraction of sp³-hybridized carbons (Fsp3) is 0.174. The van der Waals surface area contributed by atoms with Gasteiger partial charge in [-0.25, -0.2) is 4.98 Å². The van der Waals surface area contributed by atoms with Crippen molar-refractivity contribution in [2.75, 3.05) is 11.1 Å². The summed E-state index contributed by atoms with van der Waals surface area (Å²) in [5, 5.41) is 12.7. The number of hydrogen-bond acceptors (Lipinski definition) is 7. The molecule has 0 amide bonds. The molecule has 1 unspecified atom stereocenters. The lowest BCUT2D eigenvalue weighted by atomic mass is 10.1. The molecule has 2 aromatic carbocycles. The van der Waals surface area contributed by atoms with Crippen LogP contribution in [-0.4, -0.2) is 20.9 Å². The van der Waals surface area contributed by atoms with Gasteiger partial charge in [-0.3, -0.25) is 0 Å². The summed E-state index contributed by atoms with van der Waals surface area (Å²) in [5.41, 5.74) is 3.49. The van der Waals surface area contributed by atoms with Gasteiger partial charge in [0.1, 0.15) is 11.5 Å². The van der Waals surface area contributed by atoms with Crippen LogP contribution in [0.1, 0.15) is 25.3 Å². The highest BCUT2D eigenvalue weighted by atomic mass is 79.9. The van der Waals surface area contributed by atoms with Crippen LogP contribution in [0.2, 0.25) is 0 Å². The van der Waals surface area contributed by atoms with E-state index < -0.39 is 6.23 Å². The Hall–Kier alpha value is -2.84. The van der Waals surface area contributed by atoms with Crippen molar-refractivity contribution in [2.24, 2.45) is 0 Å². The fourth-order valence-corrected chi connectivity index (χ4v) is 4.21. The maximum absolute atomic E-state index is 6.20. The van der Waals surface area contributed by atoms with Crippen molar-refractivity contribution < 1.29 is 9.15 Å². The molecule has 1 aliphatic heterocycles. The Morgan fingerprint density at radius 3 is 2.71 bits per heavy atom. The summed E-state index contributed by atoms with van der Waals surface area (Å²) in [6.45, 7) is 2.13. The zero-order valence-electron chi connectivity index (χ0n) is 16.7. The smallest absolute Gasteiger partial charge is 0.262 e. The van der Waals surface area contributed by atoms with Crippen LogP contribution in [0.5, 0.6) is 5.88 Å². The molecule has 1 aliphatic rings. The minimum absolute atomic E-state index is 0.380. The van der Waals surface area contributed by atoms with Gasteiger partial charge in [0.15, 0.2) is 5.76 Å². The van der Waals surface area contributed by atoms with Crippen LogP contribution in [0.4, 0.5) is 5.69 Å². The Kier molecular flexibility index (Phi) is 5.65. The molecule has 0 bridgehead atoms. The highest BCUT2D eigenvalue weighted by molar-refractivity contribution is 9.10. The Bertz CT molecular complexity index is 1210. The molecule has 0 aliphatic carbocycles. The number of anilines is 1. The second-order valence-electron chi connectivity index (χ2n) is 6.99. The van der Waals surface area contributed by atoms with Gasteiger partial charge in [0.2, 0.25) is 11.4 Å². The largest absolute Gasteiger partial charge is 0.455 e. The number of nitrogens with zero attached hydrogens (tertiary/aromatic N) is 3. The number of fused-ring (bicyclic) bond motifs is 3. The molecule has 156 valence electrons. The molecule has 0 spiro atoms. The quantitative estimate of drug-likeness (QED) is 0.314. The number of ether oxygens (including phenoxy) is 1. The van der Waals surface area contributed by atoms with Gasteiger partial charge in [-0.2, -0.15) is 0 Å². The molecule has 0 fully saturated rings. The second-order valence-corrected chi connectivity index (χ2v) is 8.97. The normalized spacial score (nSPS) is 14.7. The molecule has 6 nitrogen and oxygen atoms in total. The van der Waals surface area contributed by atoms with E-state index in [0.29, 0.717) is 22.5 Å². The van der Waals surface area contributed by atoms with Crippen molar-refractivity contribution in [1.29, 1.82) is 0 Å². The third-order valence-corrected chi connectivity index (χ3v) is 6.36. The minimum atomic E-state index is -0.558. The first-order valence-electron chi connectivity index (χ1n) is 9.97. The summed E-state index contributed by atoms with van der Waals surface area (Å²) < 4.78 is 13.4. The molecular weight excluding hydrogens is 476 g/mol. The summed E-state index contributed by atoms with van der Waals surface area (Å²) in [4.78, 5) is 4.73. The van der Waals surface area contributed by atoms with Gasteiger partial charge in [-0.1, -0.05) is 64.9 Å². The molecule has 0 saturated heterocycles. The van der Waals surface area contributed by atoms with E-state index in [9.17, 15) is 0 Å². The highest BCUT2D eigenvalue weighted by Gasteiger charge is 2.28. The number of benzene rings is 2. The molecule has 4 aromatic rings. The monoisotopic (exact) mass is 494 g/mol. The van der Waals surface area contributed by atoms with E-state index in [1.807, 2.05) is 60.7 Å². The van der Waals surface area contributed by atoms with E-state index in [1.165, 1.54) is 0 Å². The number of hydrogen-bond donors (Lipinski definition) is 1. The first kappa shape index (κ1) is 20.1. The number of aromatic nitrogens is 3. The van der Waals surface area contributed by atoms with Crippen molar-refractivity contribution >= 4 is 33.4 Å². The van der Waals surface area contributed by atoms with E-state index in [-0.39, 0.29) is 0 Å². The molecule has 0 radical (unpaired) electrons. The van der Waals surface area contributed by atoms with Gasteiger partial charge in [0, 0.05) is 27.0 Å². The first-order valence-corrected chi connectivity index (χ1v) is 11.7. The van der Waals surface area contributed by atoms with Crippen molar-refractivity contribution in [2.45, 2.75) is 24.7 Å². The Balaban J connectivity index is 1.51. The number of nitrogens with one attached hydrogen (secondary N) is 1. The molecule has 1 N–H and O–H groups in total. The number of rotatable bonds is 5. The number of furan rings is 1. The van der Waals surface area contributed by atoms with E-state index in [1.54, 1.807) is 11.8 Å². The predicted octanol–water partition coefficient (Wildman–Crippen LogP) is 6.57. The van der Waals surface area contributed by atoms with E-state index in [2.05, 4.69) is 38.4 Å². The maximum Gasteiger partial charge on any atom is 0.262 e. The van der Waals surface area contributed by atoms with E-state index in [4.69, 9.17) is 14.1 Å². The predicted molar refractivity (Wildman–Crippen MR) is 125 cm³/mol. The van der Waals surface area contributed by atoms with E-state index >= 15 is 0 Å². The van der Waals surface area contributed by atoms with Crippen LogP contribution >= 0.6 is 27.7 Å². The number of halogens is 1. The van der Waals surface area contributed by atoms with E-state index in [0.717, 1.165) is 39.2 Å². The lowest BCUT2D eigenvalue weighted by Gasteiger charge is -2.16. The zero-order chi connectivity index (χ0) is 21.2. The molecule has 1 atom stereocenters. The van der Waals surface area contributed by atoms with Crippen LogP contribution in [-0.2, 0) is 0 Å². The fourth-order valence-electron chi connectivity index (χ4n) is 3.30. The van der Waals surface area contributed by atoms with Gasteiger partial charge in [-0.15, -0.1) is 10.2 Å². The first-order chi connectivity index (χ1) is 15.2. The van der Waals surface area contributed by atoms with Crippen LogP contribution in [0.15, 0.2) is 74.7 Å². The van der Waals surface area contributed by atoms with Crippen molar-refractivity contribution in [3.05, 3.63) is 70.9 Å². The standard InChI is InChI=1S/C23H19BrN4O2S/c1-2-13-31-23-26-20-16-5-3-4-6-17(16)25-21(30-22(20)27-28-23)19-12-11-18(29-19)14-7-9-15(24)10-8-14/h3-12,21,25H,2,13H2,1H3. The summed E-state index contributed by atoms with van der Waals surface area (Å²) >= 11 is 5.05. The maximum atomic E-state index is 6.20. The third kappa shape index (κ3) is 4.18. The average molecular weight is 495 g/mol. The summed E-state index contributed by atoms with van der Waals surface area (Å²) in [7, 11) is 0. The summed E-state index contributed by atoms with van der Waals surface area (Å²) in [6.07, 6.45) is 0.484. The Morgan fingerprint density at radius 2 is 1.87 bits per heavy atom. The summed E-state index contributed by atoms with van der Waals surface area (Å²) in [6, 6.07) is 19.8. The highest BCUT2D eigenvalue weighted by Crippen LogP contribution is 2.40. The number of para-hydroxylation sites is 1. The molecule has 8 heteroatoms. The van der Waals surface area contributed by atoms with Gasteiger partial charge in [0.05, 0.1) is 0 Å². The SMILES string of the molecule is CCCSc1nnc2c(n1)-c1ccccc1NC(c1ccc(-c3ccc(Br)cc3)o1)O2. The molecule has 5 rings (SSSR count). The number of thioether (sulfide) groups is 1. The van der Waals surface area contributed by atoms with Crippen LogP contribution in [0.3, 0.4) is 0 Å². The van der Waals surface area contributed by atoms with Gasteiger partial charge in [-0.05, 0) is 36.8 Å². The van der Waals surface area contributed by atoms with Crippen LogP contribution in [0.25, 0.3) is 22.6 Å². The topological polar surface area (TPSA) is 73.1 Å². The lowest BCUT2D eigenvalue weighted by molar-refractivity contribution is 0.196. The second kappa shape index (κ2) is 8.72.